The van der Waals surface area contributed by atoms with Crippen LogP contribution >= 0.6 is 0 Å². The van der Waals surface area contributed by atoms with Crippen molar-refractivity contribution < 1.29 is 19.4 Å². The molecule has 0 aliphatic carbocycles. The van der Waals surface area contributed by atoms with Gasteiger partial charge in [0.05, 0.1) is 12.5 Å². The lowest BCUT2D eigenvalue weighted by Gasteiger charge is -2.17. The number of carboxylic acid groups (broad SMARTS) is 1. The van der Waals surface area contributed by atoms with Crippen molar-refractivity contribution in [1.29, 1.82) is 0 Å². The van der Waals surface area contributed by atoms with Crippen LogP contribution in [0.5, 0.6) is 0 Å². The van der Waals surface area contributed by atoms with E-state index in [0.29, 0.717) is 0 Å². The minimum atomic E-state index is -1.08. The minimum Gasteiger partial charge on any atom is -0.481 e. The zero-order valence-corrected chi connectivity index (χ0v) is 8.35. The number of carbonyl (C=O) groups is 1. The predicted octanol–water partition coefficient (Wildman–Crippen LogP) is 1.97. The predicted molar refractivity (Wildman–Crippen MR) is 52.8 cm³/mol. The molecule has 2 unspecified atom stereocenters. The third kappa shape index (κ3) is 3.02. The Hall–Kier alpha value is -1.42. The molecule has 2 atom stereocenters. The summed E-state index contributed by atoms with van der Waals surface area (Å²) in [5, 5.41) is 18.3. The Morgan fingerprint density at radius 1 is 1.47 bits per heavy atom. The van der Waals surface area contributed by atoms with E-state index in [-0.39, 0.29) is 12.0 Å². The zero-order chi connectivity index (χ0) is 11.4. The molecule has 3 nitrogen and oxygen atoms in total. The summed E-state index contributed by atoms with van der Waals surface area (Å²) >= 11 is 0. The molecule has 0 heterocycles. The summed E-state index contributed by atoms with van der Waals surface area (Å²) in [6.07, 6.45) is -1.27. The van der Waals surface area contributed by atoms with Gasteiger partial charge in [0, 0.05) is 5.56 Å². The number of aliphatic hydroxyl groups is 1. The first-order valence-corrected chi connectivity index (χ1v) is 4.66. The molecule has 0 amide bonds. The summed E-state index contributed by atoms with van der Waals surface area (Å²) in [5.41, 5.74) is 0.145. The van der Waals surface area contributed by atoms with Gasteiger partial charge in [-0.15, -0.1) is 0 Å². The SMILES string of the molecule is CC(CC(=O)O)C(O)c1ccccc1F. The molecule has 0 fully saturated rings. The van der Waals surface area contributed by atoms with E-state index in [4.69, 9.17) is 5.11 Å². The molecule has 0 spiro atoms. The average molecular weight is 212 g/mol. The van der Waals surface area contributed by atoms with Crippen molar-refractivity contribution in [3.05, 3.63) is 35.6 Å². The second-order valence-corrected chi connectivity index (χ2v) is 3.54. The molecule has 82 valence electrons. The summed E-state index contributed by atoms with van der Waals surface area (Å²) in [7, 11) is 0. The van der Waals surface area contributed by atoms with Gasteiger partial charge in [-0.25, -0.2) is 4.39 Å². The van der Waals surface area contributed by atoms with Gasteiger partial charge < -0.3 is 10.2 Å². The Labute approximate surface area is 87.2 Å². The fourth-order valence-electron chi connectivity index (χ4n) is 1.41. The van der Waals surface area contributed by atoms with Crippen LogP contribution in [-0.2, 0) is 4.79 Å². The van der Waals surface area contributed by atoms with Crippen LogP contribution in [0.15, 0.2) is 24.3 Å². The highest BCUT2D eigenvalue weighted by atomic mass is 19.1. The lowest BCUT2D eigenvalue weighted by molar-refractivity contribution is -0.139. The van der Waals surface area contributed by atoms with Crippen LogP contribution in [0.2, 0.25) is 0 Å². The van der Waals surface area contributed by atoms with Gasteiger partial charge >= 0.3 is 5.97 Å². The highest BCUT2D eigenvalue weighted by Crippen LogP contribution is 2.26. The molecule has 1 rings (SSSR count). The van der Waals surface area contributed by atoms with Crippen LogP contribution in [0.3, 0.4) is 0 Å². The Bertz CT molecular complexity index is 351. The van der Waals surface area contributed by atoms with E-state index in [1.807, 2.05) is 0 Å². The molecule has 1 aromatic carbocycles. The molecule has 1 aromatic rings. The van der Waals surface area contributed by atoms with Crippen molar-refractivity contribution >= 4 is 5.97 Å². The van der Waals surface area contributed by atoms with Gasteiger partial charge in [-0.2, -0.15) is 0 Å². The molecule has 4 heteroatoms. The minimum absolute atomic E-state index is 0.145. The summed E-state index contributed by atoms with van der Waals surface area (Å²) in [4.78, 5) is 10.4. The Morgan fingerprint density at radius 2 is 2.07 bits per heavy atom. The van der Waals surface area contributed by atoms with Crippen molar-refractivity contribution in [3.8, 4) is 0 Å². The fraction of sp³-hybridized carbons (Fsp3) is 0.364. The molecule has 0 saturated carbocycles. The lowest BCUT2D eigenvalue weighted by Crippen LogP contribution is -2.14. The van der Waals surface area contributed by atoms with E-state index < -0.39 is 23.8 Å². The first kappa shape index (κ1) is 11.7. The smallest absolute Gasteiger partial charge is 0.303 e. The fourth-order valence-corrected chi connectivity index (χ4v) is 1.41. The first-order chi connectivity index (χ1) is 7.02. The van der Waals surface area contributed by atoms with Gasteiger partial charge in [-0.05, 0) is 12.0 Å². The maximum atomic E-state index is 13.2. The van der Waals surface area contributed by atoms with E-state index in [2.05, 4.69) is 0 Å². The second kappa shape index (κ2) is 4.89. The maximum Gasteiger partial charge on any atom is 0.303 e. The monoisotopic (exact) mass is 212 g/mol. The van der Waals surface area contributed by atoms with Crippen LogP contribution in [0, 0.1) is 11.7 Å². The molecule has 2 N–H and O–H groups in total. The van der Waals surface area contributed by atoms with Crippen LogP contribution in [0.4, 0.5) is 4.39 Å². The summed E-state index contributed by atoms with van der Waals surface area (Å²) < 4.78 is 13.2. The number of benzene rings is 1. The molecule has 0 aliphatic heterocycles. The van der Waals surface area contributed by atoms with Gasteiger partial charge in [-0.3, -0.25) is 4.79 Å². The van der Waals surface area contributed by atoms with Crippen LogP contribution in [-0.4, -0.2) is 16.2 Å². The molecule has 0 aromatic heterocycles. The molecular formula is C11H13FO3. The normalized spacial score (nSPS) is 14.6. The van der Waals surface area contributed by atoms with Crippen molar-refractivity contribution in [2.24, 2.45) is 5.92 Å². The molecule has 0 bridgehead atoms. The van der Waals surface area contributed by atoms with Crippen molar-refractivity contribution in [3.63, 3.8) is 0 Å². The van der Waals surface area contributed by atoms with E-state index in [1.54, 1.807) is 13.0 Å². The summed E-state index contributed by atoms with van der Waals surface area (Å²) in [6.45, 7) is 1.57. The first-order valence-electron chi connectivity index (χ1n) is 4.66. The quantitative estimate of drug-likeness (QED) is 0.802. The number of carboxylic acids is 1. The van der Waals surface area contributed by atoms with E-state index in [1.165, 1.54) is 18.2 Å². The van der Waals surface area contributed by atoms with Gasteiger partial charge in [0.2, 0.25) is 0 Å². The van der Waals surface area contributed by atoms with E-state index in [0.717, 1.165) is 0 Å². The van der Waals surface area contributed by atoms with Crippen LogP contribution in [0.25, 0.3) is 0 Å². The van der Waals surface area contributed by atoms with Gasteiger partial charge in [-0.1, -0.05) is 25.1 Å². The third-order valence-corrected chi connectivity index (χ3v) is 2.26. The van der Waals surface area contributed by atoms with Crippen LogP contribution in [0.1, 0.15) is 25.0 Å². The van der Waals surface area contributed by atoms with Crippen LogP contribution < -0.4 is 0 Å². The third-order valence-electron chi connectivity index (χ3n) is 2.26. The zero-order valence-electron chi connectivity index (χ0n) is 8.35. The maximum absolute atomic E-state index is 13.2. The van der Waals surface area contributed by atoms with Crippen molar-refractivity contribution in [2.45, 2.75) is 19.4 Å². The number of aliphatic hydroxyl groups excluding tert-OH is 1. The van der Waals surface area contributed by atoms with Crippen molar-refractivity contribution in [2.75, 3.05) is 0 Å². The van der Waals surface area contributed by atoms with E-state index in [9.17, 15) is 14.3 Å². The Balaban J connectivity index is 2.80. The summed E-state index contributed by atoms with van der Waals surface area (Å²) in [5.74, 6) is -2.03. The summed E-state index contributed by atoms with van der Waals surface area (Å²) in [6, 6.07) is 5.83. The van der Waals surface area contributed by atoms with Crippen molar-refractivity contribution in [1.82, 2.24) is 0 Å². The molecule has 0 aliphatic rings. The molecule has 0 saturated heterocycles. The Morgan fingerprint density at radius 3 is 2.60 bits per heavy atom. The number of rotatable bonds is 4. The largest absolute Gasteiger partial charge is 0.481 e. The highest BCUT2D eigenvalue weighted by Gasteiger charge is 2.21. The van der Waals surface area contributed by atoms with Gasteiger partial charge in [0.1, 0.15) is 5.82 Å². The molecule has 0 radical (unpaired) electrons. The topological polar surface area (TPSA) is 57.5 Å². The van der Waals surface area contributed by atoms with Gasteiger partial charge in [0.25, 0.3) is 0 Å². The molecule has 15 heavy (non-hydrogen) atoms. The number of hydrogen-bond donors (Lipinski definition) is 2. The number of aliphatic carboxylic acids is 1. The average Bonchev–Trinajstić information content (AvgIpc) is 2.16. The highest BCUT2D eigenvalue weighted by molar-refractivity contribution is 5.67. The number of halogens is 1. The Kier molecular flexibility index (Phi) is 3.80. The molecular weight excluding hydrogens is 199 g/mol. The lowest BCUT2D eigenvalue weighted by atomic mass is 9.94. The van der Waals surface area contributed by atoms with E-state index >= 15 is 0 Å². The second-order valence-electron chi connectivity index (χ2n) is 3.54. The number of hydrogen-bond acceptors (Lipinski definition) is 2. The van der Waals surface area contributed by atoms with Gasteiger partial charge in [0.15, 0.2) is 0 Å². The standard InChI is InChI=1S/C11H13FO3/c1-7(6-10(13)14)11(15)8-4-2-3-5-9(8)12/h2-5,7,11,15H,6H2,1H3,(H,13,14).